The Labute approximate surface area is 98.4 Å². The third-order valence-electron chi connectivity index (χ3n) is 2.58. The fourth-order valence-electron chi connectivity index (χ4n) is 1.70. The summed E-state index contributed by atoms with van der Waals surface area (Å²) in [6, 6.07) is 0. The Balaban J connectivity index is 2.91. The molecule has 0 N–H and O–H groups in total. The van der Waals surface area contributed by atoms with Gasteiger partial charge in [0.1, 0.15) is 0 Å². The molecule has 2 amide bonds. The summed E-state index contributed by atoms with van der Waals surface area (Å²) in [6.07, 6.45) is 0.371. The van der Waals surface area contributed by atoms with Gasteiger partial charge in [-0.3, -0.25) is 14.5 Å². The van der Waals surface area contributed by atoms with Gasteiger partial charge >= 0.3 is 0 Å². The minimum atomic E-state index is -0.146. The van der Waals surface area contributed by atoms with E-state index in [1.54, 1.807) is 0 Å². The van der Waals surface area contributed by atoms with Gasteiger partial charge in [0.05, 0.1) is 9.97 Å². The first kappa shape index (κ1) is 11.9. The average Bonchev–Trinajstić information content (AvgIpc) is 2.24. The third kappa shape index (κ3) is 2.10. The van der Waals surface area contributed by atoms with Crippen molar-refractivity contribution in [1.29, 1.82) is 0 Å². The number of imide groups is 1. The zero-order valence-corrected chi connectivity index (χ0v) is 11.2. The molecule has 1 heterocycles. The number of alkyl halides is 1. The first-order valence-electron chi connectivity index (χ1n) is 4.75. The summed E-state index contributed by atoms with van der Waals surface area (Å²) in [7, 11) is 0. The van der Waals surface area contributed by atoms with Crippen LogP contribution < -0.4 is 0 Å². The number of carbonyl (C=O) groups is 2. The number of likely N-dealkylation sites (tertiary alicyclic amines) is 1. The van der Waals surface area contributed by atoms with E-state index in [1.165, 1.54) is 4.90 Å². The highest BCUT2D eigenvalue weighted by Crippen LogP contribution is 2.36. The molecule has 1 fully saturated rings. The molecule has 0 aromatic heterocycles. The predicted octanol–water partition coefficient (Wildman–Crippen LogP) is 2.19. The van der Waals surface area contributed by atoms with Crippen LogP contribution in [0.1, 0.15) is 34.1 Å². The van der Waals surface area contributed by atoms with Gasteiger partial charge in [-0.1, -0.05) is 43.4 Å². The average molecular weight is 309 g/mol. The SMILES string of the molecule is CC(I)N1C(=O)CC(C(C)(C)C)C1=O. The van der Waals surface area contributed by atoms with Crippen molar-refractivity contribution in [3.05, 3.63) is 0 Å². The van der Waals surface area contributed by atoms with E-state index in [9.17, 15) is 9.59 Å². The summed E-state index contributed by atoms with van der Waals surface area (Å²) < 4.78 is -0.0417. The van der Waals surface area contributed by atoms with E-state index in [1.807, 2.05) is 27.7 Å². The van der Waals surface area contributed by atoms with Crippen molar-refractivity contribution in [3.63, 3.8) is 0 Å². The Morgan fingerprint density at radius 3 is 2.14 bits per heavy atom. The van der Waals surface area contributed by atoms with Crippen LogP contribution >= 0.6 is 22.6 Å². The number of halogens is 1. The number of nitrogens with zero attached hydrogens (tertiary/aromatic N) is 1. The smallest absolute Gasteiger partial charge is 0.234 e. The molecule has 0 aliphatic carbocycles. The standard InChI is InChI=1S/C10H16INO2/c1-6(11)12-8(13)5-7(9(12)14)10(2,3)4/h6-7H,5H2,1-4H3. The highest BCUT2D eigenvalue weighted by molar-refractivity contribution is 14.1. The predicted molar refractivity (Wildman–Crippen MR) is 62.9 cm³/mol. The van der Waals surface area contributed by atoms with Crippen LogP contribution in [-0.2, 0) is 9.59 Å². The lowest BCUT2D eigenvalue weighted by Gasteiger charge is -2.25. The number of rotatable bonds is 1. The van der Waals surface area contributed by atoms with Crippen LogP contribution in [-0.4, -0.2) is 20.8 Å². The van der Waals surface area contributed by atoms with Gasteiger partial charge in [-0.25, -0.2) is 0 Å². The second kappa shape index (κ2) is 3.79. The molecule has 1 saturated heterocycles. The van der Waals surface area contributed by atoms with Crippen LogP contribution in [0.15, 0.2) is 0 Å². The highest BCUT2D eigenvalue weighted by atomic mass is 127. The largest absolute Gasteiger partial charge is 0.274 e. The lowest BCUT2D eigenvalue weighted by molar-refractivity contribution is -0.140. The Kier molecular flexibility index (Phi) is 3.23. The molecule has 1 aliphatic rings. The maximum absolute atomic E-state index is 11.9. The molecule has 1 rings (SSSR count). The van der Waals surface area contributed by atoms with Crippen LogP contribution in [0.3, 0.4) is 0 Å². The third-order valence-corrected chi connectivity index (χ3v) is 3.14. The number of hydrogen-bond acceptors (Lipinski definition) is 2. The highest BCUT2D eigenvalue weighted by Gasteiger charge is 2.45. The van der Waals surface area contributed by atoms with E-state index in [0.717, 1.165) is 0 Å². The quantitative estimate of drug-likeness (QED) is 0.322. The Morgan fingerprint density at radius 1 is 1.43 bits per heavy atom. The molecule has 0 bridgehead atoms. The van der Waals surface area contributed by atoms with Gasteiger partial charge < -0.3 is 0 Å². The van der Waals surface area contributed by atoms with Gasteiger partial charge in [-0.2, -0.15) is 0 Å². The van der Waals surface area contributed by atoms with Crippen molar-refractivity contribution >= 4 is 34.4 Å². The molecule has 0 aromatic rings. The Morgan fingerprint density at radius 2 is 1.93 bits per heavy atom. The number of hydrogen-bond donors (Lipinski definition) is 0. The fourth-order valence-corrected chi connectivity index (χ4v) is 2.29. The molecule has 0 spiro atoms. The van der Waals surface area contributed by atoms with Crippen molar-refractivity contribution in [2.24, 2.45) is 11.3 Å². The van der Waals surface area contributed by atoms with Crippen LogP contribution in [0.2, 0.25) is 0 Å². The molecule has 1 aliphatic heterocycles. The molecule has 0 saturated carbocycles. The van der Waals surface area contributed by atoms with Crippen LogP contribution in [0, 0.1) is 11.3 Å². The minimum Gasteiger partial charge on any atom is -0.274 e. The lowest BCUT2D eigenvalue weighted by atomic mass is 9.80. The van der Waals surface area contributed by atoms with Crippen molar-refractivity contribution in [2.45, 2.75) is 38.2 Å². The Bertz CT molecular complexity index is 268. The maximum Gasteiger partial charge on any atom is 0.234 e. The monoisotopic (exact) mass is 309 g/mol. The lowest BCUT2D eigenvalue weighted by Crippen LogP contribution is -2.37. The molecule has 2 atom stereocenters. The van der Waals surface area contributed by atoms with Crippen molar-refractivity contribution < 1.29 is 9.59 Å². The zero-order valence-electron chi connectivity index (χ0n) is 9.00. The summed E-state index contributed by atoms with van der Waals surface area (Å²) in [5.41, 5.74) is -0.118. The van der Waals surface area contributed by atoms with E-state index in [4.69, 9.17) is 0 Å². The molecule has 80 valence electrons. The van der Waals surface area contributed by atoms with Crippen molar-refractivity contribution in [2.75, 3.05) is 0 Å². The summed E-state index contributed by atoms with van der Waals surface area (Å²) in [4.78, 5) is 24.9. The zero-order chi connectivity index (χ0) is 11.1. The van der Waals surface area contributed by atoms with E-state index in [2.05, 4.69) is 22.6 Å². The van der Waals surface area contributed by atoms with Crippen molar-refractivity contribution in [3.8, 4) is 0 Å². The second-order valence-corrected chi connectivity index (χ2v) is 6.60. The van der Waals surface area contributed by atoms with E-state index in [0.29, 0.717) is 6.42 Å². The van der Waals surface area contributed by atoms with Gasteiger partial charge in [-0.05, 0) is 12.3 Å². The van der Waals surface area contributed by atoms with E-state index >= 15 is 0 Å². The summed E-state index contributed by atoms with van der Waals surface area (Å²) >= 11 is 2.10. The number of amides is 2. The van der Waals surface area contributed by atoms with Crippen molar-refractivity contribution in [1.82, 2.24) is 4.90 Å². The summed E-state index contributed by atoms with van der Waals surface area (Å²) in [6.45, 7) is 7.88. The van der Waals surface area contributed by atoms with Gasteiger partial charge in [0, 0.05) is 6.42 Å². The van der Waals surface area contributed by atoms with Gasteiger partial charge in [0.25, 0.3) is 0 Å². The molecular weight excluding hydrogens is 293 g/mol. The van der Waals surface area contributed by atoms with Gasteiger partial charge in [0.15, 0.2) is 0 Å². The maximum atomic E-state index is 11.9. The van der Waals surface area contributed by atoms with Crippen LogP contribution in [0.5, 0.6) is 0 Å². The second-order valence-electron chi connectivity index (χ2n) is 4.80. The molecule has 2 unspecified atom stereocenters. The van der Waals surface area contributed by atoms with E-state index in [-0.39, 0.29) is 27.2 Å². The molecular formula is C10H16INO2. The first-order valence-corrected chi connectivity index (χ1v) is 5.99. The Hall–Kier alpha value is -0.130. The molecule has 4 heteroatoms. The topological polar surface area (TPSA) is 37.4 Å². The molecule has 3 nitrogen and oxygen atoms in total. The summed E-state index contributed by atoms with van der Waals surface area (Å²) in [5.74, 6) is -0.187. The molecule has 14 heavy (non-hydrogen) atoms. The fraction of sp³-hybridized carbons (Fsp3) is 0.800. The minimum absolute atomic E-state index is 0.00981. The van der Waals surface area contributed by atoms with Crippen LogP contribution in [0.25, 0.3) is 0 Å². The van der Waals surface area contributed by atoms with E-state index < -0.39 is 0 Å². The summed E-state index contributed by atoms with van der Waals surface area (Å²) in [5, 5.41) is 0. The normalized spacial score (nSPS) is 25.8. The first-order chi connectivity index (χ1) is 6.25. The van der Waals surface area contributed by atoms with Gasteiger partial charge in [-0.15, -0.1) is 0 Å². The molecule has 0 radical (unpaired) electrons. The number of carbonyl (C=O) groups excluding carboxylic acids is 2. The van der Waals surface area contributed by atoms with Gasteiger partial charge in [0.2, 0.25) is 11.8 Å². The van der Waals surface area contributed by atoms with Crippen LogP contribution in [0.4, 0.5) is 0 Å². The molecule has 0 aromatic carbocycles.